The van der Waals surface area contributed by atoms with Crippen LogP contribution >= 0.6 is 0 Å². The molecule has 0 aromatic carbocycles. The third-order valence-electron chi connectivity index (χ3n) is 1.45. The van der Waals surface area contributed by atoms with E-state index in [0.29, 0.717) is 6.42 Å². The molecule has 0 heterocycles. The summed E-state index contributed by atoms with van der Waals surface area (Å²) >= 11 is 0. The van der Waals surface area contributed by atoms with Gasteiger partial charge in [-0.1, -0.05) is 6.92 Å². The van der Waals surface area contributed by atoms with E-state index in [4.69, 9.17) is 5.73 Å². The standard InChI is InChI=1S/C7H15N3O2/c1-3-6(11)10-5(4-8)7(12)9-2/h5H,3-4,8H2,1-2H3,(H,9,12)(H,10,11). The van der Waals surface area contributed by atoms with E-state index in [1.807, 2.05) is 0 Å². The molecule has 0 saturated heterocycles. The molecule has 2 amide bonds. The van der Waals surface area contributed by atoms with Gasteiger partial charge in [0.1, 0.15) is 6.04 Å². The third kappa shape index (κ3) is 3.34. The average Bonchev–Trinajstić information content (AvgIpc) is 2.12. The minimum Gasteiger partial charge on any atom is -0.357 e. The highest BCUT2D eigenvalue weighted by Crippen LogP contribution is 1.83. The highest BCUT2D eigenvalue weighted by Gasteiger charge is 2.16. The van der Waals surface area contributed by atoms with Crippen molar-refractivity contribution in [3.63, 3.8) is 0 Å². The number of likely N-dealkylation sites (N-methyl/N-ethyl adjacent to an activating group) is 1. The molecule has 0 aromatic heterocycles. The van der Waals surface area contributed by atoms with Crippen molar-refractivity contribution in [2.45, 2.75) is 19.4 Å². The minimum atomic E-state index is -0.609. The normalized spacial score (nSPS) is 11.9. The third-order valence-corrected chi connectivity index (χ3v) is 1.45. The van der Waals surface area contributed by atoms with Gasteiger partial charge in [0.15, 0.2) is 0 Å². The maximum atomic E-state index is 11.0. The average molecular weight is 173 g/mol. The van der Waals surface area contributed by atoms with Crippen molar-refractivity contribution in [3.05, 3.63) is 0 Å². The van der Waals surface area contributed by atoms with Gasteiger partial charge in [0.2, 0.25) is 11.8 Å². The second-order valence-electron chi connectivity index (χ2n) is 2.32. The Hall–Kier alpha value is -1.10. The number of carbonyl (C=O) groups is 2. The maximum Gasteiger partial charge on any atom is 0.243 e. The van der Waals surface area contributed by atoms with E-state index < -0.39 is 6.04 Å². The summed E-state index contributed by atoms with van der Waals surface area (Å²) in [5.74, 6) is -0.437. The first-order valence-electron chi connectivity index (χ1n) is 3.86. The quantitative estimate of drug-likeness (QED) is 0.488. The van der Waals surface area contributed by atoms with Gasteiger partial charge in [-0.2, -0.15) is 0 Å². The van der Waals surface area contributed by atoms with Gasteiger partial charge in [-0.3, -0.25) is 9.59 Å². The van der Waals surface area contributed by atoms with Gasteiger partial charge in [0.25, 0.3) is 0 Å². The number of hydrogen-bond acceptors (Lipinski definition) is 3. The van der Waals surface area contributed by atoms with Gasteiger partial charge in [0, 0.05) is 20.0 Å². The Kier molecular flexibility index (Phi) is 5.03. The lowest BCUT2D eigenvalue weighted by Gasteiger charge is -2.13. The summed E-state index contributed by atoms with van der Waals surface area (Å²) in [6.07, 6.45) is 0.355. The highest BCUT2D eigenvalue weighted by atomic mass is 16.2. The van der Waals surface area contributed by atoms with Crippen LogP contribution in [0, 0.1) is 0 Å². The van der Waals surface area contributed by atoms with Crippen LogP contribution in [-0.4, -0.2) is 31.4 Å². The second kappa shape index (κ2) is 5.54. The number of carbonyl (C=O) groups excluding carboxylic acids is 2. The predicted molar refractivity (Wildman–Crippen MR) is 45.3 cm³/mol. The Labute approximate surface area is 71.7 Å². The summed E-state index contributed by atoms with van der Waals surface area (Å²) in [5.41, 5.74) is 5.28. The molecule has 12 heavy (non-hydrogen) atoms. The van der Waals surface area contributed by atoms with Gasteiger partial charge in [-0.15, -0.1) is 0 Å². The van der Waals surface area contributed by atoms with Crippen molar-refractivity contribution in [1.29, 1.82) is 0 Å². The fourth-order valence-electron chi connectivity index (χ4n) is 0.702. The SMILES string of the molecule is CCC(=O)NC(CN)C(=O)NC. The monoisotopic (exact) mass is 173 g/mol. The van der Waals surface area contributed by atoms with Gasteiger partial charge in [0.05, 0.1) is 0 Å². The minimum absolute atomic E-state index is 0.116. The Balaban J connectivity index is 3.99. The van der Waals surface area contributed by atoms with Crippen LogP contribution in [0.25, 0.3) is 0 Å². The largest absolute Gasteiger partial charge is 0.357 e. The van der Waals surface area contributed by atoms with E-state index in [9.17, 15) is 9.59 Å². The molecule has 0 bridgehead atoms. The molecule has 0 aliphatic heterocycles. The van der Waals surface area contributed by atoms with Crippen molar-refractivity contribution in [2.75, 3.05) is 13.6 Å². The van der Waals surface area contributed by atoms with E-state index in [1.54, 1.807) is 6.92 Å². The molecule has 1 unspecified atom stereocenters. The number of rotatable bonds is 4. The molecule has 0 rings (SSSR count). The molecular formula is C7H15N3O2. The molecule has 5 nitrogen and oxygen atoms in total. The molecule has 0 aliphatic rings. The first kappa shape index (κ1) is 10.9. The number of nitrogens with one attached hydrogen (secondary N) is 2. The summed E-state index contributed by atoms with van der Waals surface area (Å²) < 4.78 is 0. The summed E-state index contributed by atoms with van der Waals surface area (Å²) in [5, 5.41) is 4.90. The Morgan fingerprint density at radius 1 is 1.50 bits per heavy atom. The Bertz CT molecular complexity index is 170. The van der Waals surface area contributed by atoms with Crippen LogP contribution in [-0.2, 0) is 9.59 Å². The molecule has 5 heteroatoms. The van der Waals surface area contributed by atoms with Crippen molar-refractivity contribution < 1.29 is 9.59 Å². The van der Waals surface area contributed by atoms with Crippen molar-refractivity contribution >= 4 is 11.8 Å². The summed E-state index contributed by atoms with van der Waals surface area (Å²) in [6.45, 7) is 1.83. The highest BCUT2D eigenvalue weighted by molar-refractivity contribution is 5.87. The van der Waals surface area contributed by atoms with Gasteiger partial charge in [-0.05, 0) is 0 Å². The molecule has 0 radical (unpaired) electrons. The predicted octanol–water partition coefficient (Wildman–Crippen LogP) is -1.41. The van der Waals surface area contributed by atoms with Gasteiger partial charge < -0.3 is 16.4 Å². The zero-order valence-corrected chi connectivity index (χ0v) is 7.39. The van der Waals surface area contributed by atoms with E-state index in [2.05, 4.69) is 10.6 Å². The van der Waals surface area contributed by atoms with E-state index in [1.165, 1.54) is 7.05 Å². The molecule has 1 atom stereocenters. The summed E-state index contributed by atoms with van der Waals surface area (Å²) in [4.78, 5) is 21.8. The van der Waals surface area contributed by atoms with Gasteiger partial charge in [-0.25, -0.2) is 0 Å². The molecule has 0 fully saturated rings. The van der Waals surface area contributed by atoms with Crippen LogP contribution < -0.4 is 16.4 Å². The Morgan fingerprint density at radius 3 is 2.42 bits per heavy atom. The van der Waals surface area contributed by atoms with Crippen LogP contribution in [0.15, 0.2) is 0 Å². The molecule has 0 spiro atoms. The lowest BCUT2D eigenvalue weighted by atomic mass is 10.2. The zero-order chi connectivity index (χ0) is 9.56. The van der Waals surface area contributed by atoms with Crippen LogP contribution in [0.5, 0.6) is 0 Å². The van der Waals surface area contributed by atoms with Crippen molar-refractivity contribution in [1.82, 2.24) is 10.6 Å². The molecular weight excluding hydrogens is 158 g/mol. The van der Waals surface area contributed by atoms with E-state index >= 15 is 0 Å². The molecule has 0 saturated carbocycles. The van der Waals surface area contributed by atoms with E-state index in [0.717, 1.165) is 0 Å². The number of hydrogen-bond donors (Lipinski definition) is 3. The zero-order valence-electron chi connectivity index (χ0n) is 7.39. The topological polar surface area (TPSA) is 84.2 Å². The smallest absolute Gasteiger partial charge is 0.243 e. The lowest BCUT2D eigenvalue weighted by Crippen LogP contribution is -2.49. The first-order valence-corrected chi connectivity index (χ1v) is 3.86. The van der Waals surface area contributed by atoms with Crippen LogP contribution in [0.2, 0.25) is 0 Å². The van der Waals surface area contributed by atoms with Crippen LogP contribution in [0.4, 0.5) is 0 Å². The molecule has 4 N–H and O–H groups in total. The number of amides is 2. The van der Waals surface area contributed by atoms with Crippen LogP contribution in [0.3, 0.4) is 0 Å². The van der Waals surface area contributed by atoms with Crippen LogP contribution in [0.1, 0.15) is 13.3 Å². The number of nitrogens with two attached hydrogens (primary N) is 1. The van der Waals surface area contributed by atoms with Crippen molar-refractivity contribution in [2.24, 2.45) is 5.73 Å². The van der Waals surface area contributed by atoms with Crippen molar-refractivity contribution in [3.8, 4) is 0 Å². The first-order chi connectivity index (χ1) is 5.65. The molecule has 0 aromatic rings. The maximum absolute atomic E-state index is 11.0. The molecule has 0 aliphatic carbocycles. The lowest BCUT2D eigenvalue weighted by molar-refractivity contribution is -0.128. The van der Waals surface area contributed by atoms with E-state index in [-0.39, 0.29) is 18.4 Å². The Morgan fingerprint density at radius 2 is 2.08 bits per heavy atom. The summed E-state index contributed by atoms with van der Waals surface area (Å²) in [6, 6.07) is -0.609. The second-order valence-corrected chi connectivity index (χ2v) is 2.32. The summed E-state index contributed by atoms with van der Waals surface area (Å²) in [7, 11) is 1.50. The fraction of sp³-hybridized carbons (Fsp3) is 0.714. The molecule has 70 valence electrons. The fourth-order valence-corrected chi connectivity index (χ4v) is 0.702. The van der Waals surface area contributed by atoms with Gasteiger partial charge >= 0.3 is 0 Å².